The average molecular weight is 699 g/mol. The highest BCUT2D eigenvalue weighted by Crippen LogP contribution is 2.29. The molecule has 1 aliphatic rings. The molecule has 2 amide bonds. The Morgan fingerprint density at radius 3 is 2.19 bits per heavy atom. The van der Waals surface area contributed by atoms with Gasteiger partial charge < -0.3 is 20.8 Å². The van der Waals surface area contributed by atoms with Crippen molar-refractivity contribution in [2.45, 2.75) is 88.3 Å². The Labute approximate surface area is 282 Å². The van der Waals surface area contributed by atoms with Crippen molar-refractivity contribution in [3.05, 3.63) is 35.9 Å². The number of likely N-dealkylation sites (N-methyl/N-ethyl adjacent to an activating group) is 2. The van der Waals surface area contributed by atoms with Crippen LogP contribution in [-0.4, -0.2) is 110 Å². The first-order valence-corrected chi connectivity index (χ1v) is 17.7. The number of amides is 2. The van der Waals surface area contributed by atoms with Crippen molar-refractivity contribution < 1.29 is 41.4 Å². The lowest BCUT2D eigenvalue weighted by Crippen LogP contribution is -2.56. The second kappa shape index (κ2) is 19.8. The Bertz CT molecular complexity index is 1340. The Morgan fingerprint density at radius 1 is 0.979 bits per heavy atom. The summed E-state index contributed by atoms with van der Waals surface area (Å²) in [6.45, 7) is -1.65. The molecule has 0 bridgehead atoms. The van der Waals surface area contributed by atoms with E-state index in [1.165, 1.54) is 14.1 Å². The molecule has 0 saturated heterocycles. The van der Waals surface area contributed by atoms with Gasteiger partial charge in [-0.05, 0) is 31.4 Å². The number of terminal acetylenes is 2. The van der Waals surface area contributed by atoms with Crippen LogP contribution in [0.2, 0.25) is 0 Å². The summed E-state index contributed by atoms with van der Waals surface area (Å²) < 4.78 is 65.8. The van der Waals surface area contributed by atoms with Crippen molar-refractivity contribution in [3.63, 3.8) is 0 Å². The van der Waals surface area contributed by atoms with Crippen molar-refractivity contribution in [2.75, 3.05) is 39.5 Å². The minimum absolute atomic E-state index is 0.0145. The van der Waals surface area contributed by atoms with Gasteiger partial charge in [-0.2, -0.15) is 13.2 Å². The van der Waals surface area contributed by atoms with Crippen molar-refractivity contribution in [1.29, 1.82) is 0 Å². The third-order valence-corrected chi connectivity index (χ3v) is 10.5. The minimum atomic E-state index is -4.44. The third-order valence-electron chi connectivity index (χ3n) is 8.56. The Hall–Kier alpha value is -3.14. The van der Waals surface area contributed by atoms with E-state index in [0.717, 1.165) is 41.3 Å². The number of aliphatic hydroxyl groups is 2. The summed E-state index contributed by atoms with van der Waals surface area (Å²) in [5.41, 5.74) is 0.650. The van der Waals surface area contributed by atoms with Crippen LogP contribution in [0.25, 0.3) is 0 Å². The first-order valence-electron chi connectivity index (χ1n) is 16.1. The number of carbonyl (C=O) groups excluding carboxylic acids is 2. The van der Waals surface area contributed by atoms with Crippen LogP contribution in [0.5, 0.6) is 0 Å². The fourth-order valence-electron chi connectivity index (χ4n) is 5.82. The summed E-state index contributed by atoms with van der Waals surface area (Å²) in [4.78, 5) is 28.2. The van der Waals surface area contributed by atoms with Gasteiger partial charge in [0.1, 0.15) is 12.1 Å². The van der Waals surface area contributed by atoms with Crippen LogP contribution in [0, 0.1) is 36.5 Å². The molecule has 48 heavy (non-hydrogen) atoms. The van der Waals surface area contributed by atoms with Crippen LogP contribution < -0.4 is 10.6 Å². The van der Waals surface area contributed by atoms with Gasteiger partial charge in [0.05, 0.1) is 30.4 Å². The second-order valence-corrected chi connectivity index (χ2v) is 14.8. The molecule has 1 fully saturated rings. The number of benzene rings is 1. The highest BCUT2D eigenvalue weighted by atomic mass is 32.2. The topological polar surface area (TPSA) is 139 Å². The minimum Gasteiger partial charge on any atom is -0.389 e. The highest BCUT2D eigenvalue weighted by Gasteiger charge is 2.35. The van der Waals surface area contributed by atoms with E-state index in [-0.39, 0.29) is 38.3 Å². The zero-order valence-electron chi connectivity index (χ0n) is 27.7. The van der Waals surface area contributed by atoms with Crippen LogP contribution >= 0.6 is 0 Å². The zero-order valence-corrected chi connectivity index (χ0v) is 28.5. The van der Waals surface area contributed by atoms with Crippen molar-refractivity contribution >= 4 is 21.8 Å². The van der Waals surface area contributed by atoms with Gasteiger partial charge in [0.2, 0.25) is 21.8 Å². The van der Waals surface area contributed by atoms with Gasteiger partial charge in [-0.15, -0.1) is 24.7 Å². The number of sulfonamides is 1. The number of carbonyl (C=O) groups is 2. The van der Waals surface area contributed by atoms with Gasteiger partial charge in [0.25, 0.3) is 0 Å². The molecule has 1 aromatic rings. The number of rotatable bonds is 19. The maximum absolute atomic E-state index is 13.7. The van der Waals surface area contributed by atoms with Crippen molar-refractivity contribution in [1.82, 2.24) is 19.8 Å². The molecule has 0 heterocycles. The molecule has 0 radical (unpaired) electrons. The van der Waals surface area contributed by atoms with E-state index in [0.29, 0.717) is 12.0 Å². The highest BCUT2D eigenvalue weighted by molar-refractivity contribution is 7.89. The van der Waals surface area contributed by atoms with Gasteiger partial charge in [-0.3, -0.25) is 14.5 Å². The molecule has 268 valence electrons. The van der Waals surface area contributed by atoms with E-state index in [2.05, 4.69) is 22.5 Å². The fraction of sp³-hybridized carbons (Fsp3) is 0.647. The summed E-state index contributed by atoms with van der Waals surface area (Å²) in [5, 5.41) is 26.7. The monoisotopic (exact) mass is 698 g/mol. The van der Waals surface area contributed by atoms with E-state index in [1.807, 2.05) is 0 Å². The number of nitrogens with one attached hydrogen (secondary N) is 2. The largest absolute Gasteiger partial charge is 0.401 e. The van der Waals surface area contributed by atoms with Gasteiger partial charge in [0.15, 0.2) is 0 Å². The SMILES string of the molecule is C#CC[C@H](NC(=O)[C@H](Cc1ccccc1)CS(=O)(=O)N(C)CCN(C)CC(F)(F)F)C(=O)N[C@@H](CC1CCCCC1)[C@@H](O)[C@@H](O)CC#C. The van der Waals surface area contributed by atoms with E-state index in [1.54, 1.807) is 30.3 Å². The quantitative estimate of drug-likeness (QED) is 0.163. The molecule has 1 aliphatic carbocycles. The fourth-order valence-corrected chi connectivity index (χ4v) is 7.21. The molecule has 4 N–H and O–H groups in total. The Balaban J connectivity index is 2.24. The summed E-state index contributed by atoms with van der Waals surface area (Å²) in [6, 6.07) is 6.46. The normalized spacial score (nSPS) is 17.5. The first kappa shape index (κ1) is 41.0. The number of halogens is 3. The van der Waals surface area contributed by atoms with Crippen molar-refractivity contribution in [2.24, 2.45) is 11.8 Å². The molecule has 1 aromatic carbocycles. The van der Waals surface area contributed by atoms with Gasteiger partial charge in [-0.25, -0.2) is 12.7 Å². The van der Waals surface area contributed by atoms with E-state index in [9.17, 15) is 41.4 Å². The lowest BCUT2D eigenvalue weighted by atomic mass is 9.82. The van der Waals surface area contributed by atoms with Crippen LogP contribution in [0.1, 0.15) is 56.9 Å². The number of hydrogen-bond donors (Lipinski definition) is 4. The number of hydrogen-bond acceptors (Lipinski definition) is 7. The predicted molar refractivity (Wildman–Crippen MR) is 178 cm³/mol. The number of aliphatic hydroxyl groups excluding tert-OH is 2. The van der Waals surface area contributed by atoms with Crippen LogP contribution in [0.3, 0.4) is 0 Å². The molecular weight excluding hydrogens is 649 g/mol. The van der Waals surface area contributed by atoms with Crippen LogP contribution in [-0.2, 0) is 26.0 Å². The van der Waals surface area contributed by atoms with E-state index >= 15 is 0 Å². The maximum atomic E-state index is 13.7. The summed E-state index contributed by atoms with van der Waals surface area (Å²) in [7, 11) is -1.69. The van der Waals surface area contributed by atoms with E-state index < -0.39 is 70.5 Å². The number of nitrogens with zero attached hydrogens (tertiary/aromatic N) is 2. The molecule has 0 aliphatic heterocycles. The lowest BCUT2D eigenvalue weighted by molar-refractivity contribution is -0.143. The summed E-state index contributed by atoms with van der Waals surface area (Å²) >= 11 is 0. The summed E-state index contributed by atoms with van der Waals surface area (Å²) in [5.74, 6) is 1.51. The Kier molecular flexibility index (Phi) is 16.9. The molecule has 0 spiro atoms. The molecule has 10 nitrogen and oxygen atoms in total. The van der Waals surface area contributed by atoms with Crippen LogP contribution in [0.15, 0.2) is 30.3 Å². The lowest BCUT2D eigenvalue weighted by Gasteiger charge is -2.33. The molecule has 14 heteroatoms. The van der Waals surface area contributed by atoms with Crippen LogP contribution in [0.4, 0.5) is 13.2 Å². The molecule has 5 atom stereocenters. The summed E-state index contributed by atoms with van der Waals surface area (Å²) in [6.07, 6.45) is 8.65. The van der Waals surface area contributed by atoms with Gasteiger partial charge in [0, 0.05) is 33.0 Å². The third kappa shape index (κ3) is 14.5. The van der Waals surface area contributed by atoms with E-state index in [4.69, 9.17) is 12.8 Å². The molecule has 1 saturated carbocycles. The predicted octanol–water partition coefficient (Wildman–Crippen LogP) is 2.31. The maximum Gasteiger partial charge on any atom is 0.401 e. The van der Waals surface area contributed by atoms with Crippen molar-refractivity contribution in [3.8, 4) is 24.7 Å². The average Bonchev–Trinajstić information content (AvgIpc) is 3.02. The number of alkyl halides is 3. The molecular formula is C34H49F3N4O6S. The second-order valence-electron chi connectivity index (χ2n) is 12.6. The smallest absolute Gasteiger partial charge is 0.389 e. The molecule has 0 aromatic heterocycles. The Morgan fingerprint density at radius 2 is 1.60 bits per heavy atom. The molecule has 0 unspecified atom stereocenters. The zero-order chi connectivity index (χ0) is 35.9. The first-order chi connectivity index (χ1) is 22.6. The standard InChI is InChI=1S/C34H49F3N4O6S/c1-5-13-28(33(45)39-29(31(43)30(42)14-6-2)22-26-17-11-8-12-18-26)38-32(44)27(21-25-15-9-7-10-16-25)23-48(46,47)41(4)20-19-40(3)24-34(35,36)37/h1-2,7,9-10,15-16,26-31,42-43H,8,11-14,17-24H2,3-4H3,(H,38,44)(H,39,45)/t27-,28+,29+,30+,31-/m1/s1. The van der Waals surface area contributed by atoms with Gasteiger partial charge in [-0.1, -0.05) is 62.4 Å². The molecule has 2 rings (SSSR count). The van der Waals surface area contributed by atoms with Gasteiger partial charge >= 0.3 is 6.18 Å².